The lowest BCUT2D eigenvalue weighted by Gasteiger charge is -2.09. The molecular weight excluding hydrogens is 388 g/mol. The largest absolute Gasteiger partial charge is 0.332 e. The standard InChI is InChI=1S/C26H24N2OS/c1-17-6-15-23-24(16-17)30-26(28-23)27-22-13-11-19(12-14-22)18-7-9-21(10-8-18)25(29)20-4-2-3-5-20/h6-16,20H,2-5H2,1H3,(H,27,28). The zero-order chi connectivity index (χ0) is 20.5. The van der Waals surface area contributed by atoms with Gasteiger partial charge in [0.25, 0.3) is 0 Å². The first-order chi connectivity index (χ1) is 14.7. The summed E-state index contributed by atoms with van der Waals surface area (Å²) in [5, 5.41) is 4.31. The van der Waals surface area contributed by atoms with E-state index >= 15 is 0 Å². The highest BCUT2D eigenvalue weighted by Gasteiger charge is 2.23. The molecule has 3 aromatic carbocycles. The van der Waals surface area contributed by atoms with Crippen LogP contribution in [-0.2, 0) is 0 Å². The summed E-state index contributed by atoms with van der Waals surface area (Å²) in [7, 11) is 0. The van der Waals surface area contributed by atoms with Crippen LogP contribution in [-0.4, -0.2) is 10.8 Å². The molecule has 0 aliphatic heterocycles. The third kappa shape index (κ3) is 3.88. The van der Waals surface area contributed by atoms with Gasteiger partial charge in [0.15, 0.2) is 10.9 Å². The lowest BCUT2D eigenvalue weighted by Crippen LogP contribution is -2.10. The van der Waals surface area contributed by atoms with E-state index in [1.54, 1.807) is 11.3 Å². The summed E-state index contributed by atoms with van der Waals surface area (Å²) in [6.07, 6.45) is 4.46. The summed E-state index contributed by atoms with van der Waals surface area (Å²) < 4.78 is 1.20. The maximum Gasteiger partial charge on any atom is 0.188 e. The summed E-state index contributed by atoms with van der Waals surface area (Å²) >= 11 is 1.67. The molecule has 1 saturated carbocycles. The molecule has 30 heavy (non-hydrogen) atoms. The number of anilines is 2. The van der Waals surface area contributed by atoms with Crippen molar-refractivity contribution in [1.82, 2.24) is 4.98 Å². The predicted octanol–water partition coefficient (Wildman–Crippen LogP) is 7.39. The van der Waals surface area contributed by atoms with Gasteiger partial charge in [-0.05, 0) is 60.7 Å². The van der Waals surface area contributed by atoms with E-state index in [0.29, 0.717) is 5.78 Å². The Balaban J connectivity index is 1.29. The number of benzene rings is 3. The van der Waals surface area contributed by atoms with Gasteiger partial charge in [-0.2, -0.15) is 0 Å². The Hall–Kier alpha value is -2.98. The lowest BCUT2D eigenvalue weighted by molar-refractivity contribution is 0.0923. The van der Waals surface area contributed by atoms with Crippen molar-refractivity contribution in [2.24, 2.45) is 5.92 Å². The van der Waals surface area contributed by atoms with Crippen molar-refractivity contribution in [3.05, 3.63) is 77.9 Å². The second kappa shape index (κ2) is 8.04. The zero-order valence-electron chi connectivity index (χ0n) is 17.0. The van der Waals surface area contributed by atoms with Crippen molar-refractivity contribution in [3.8, 4) is 11.1 Å². The first-order valence-corrected chi connectivity index (χ1v) is 11.4. The van der Waals surface area contributed by atoms with Crippen LogP contribution in [0.25, 0.3) is 21.3 Å². The number of Topliss-reactive ketones (excluding diaryl/α,β-unsaturated/α-hetero) is 1. The van der Waals surface area contributed by atoms with E-state index in [2.05, 4.69) is 71.8 Å². The first-order valence-electron chi connectivity index (χ1n) is 10.5. The predicted molar refractivity (Wildman–Crippen MR) is 126 cm³/mol. The van der Waals surface area contributed by atoms with Crippen LogP contribution >= 0.6 is 11.3 Å². The average Bonchev–Trinajstić information content (AvgIpc) is 3.43. The van der Waals surface area contributed by atoms with Gasteiger partial charge >= 0.3 is 0 Å². The molecule has 4 aromatic rings. The summed E-state index contributed by atoms with van der Waals surface area (Å²) in [5.41, 5.74) is 6.40. The molecule has 1 aliphatic carbocycles. The van der Waals surface area contributed by atoms with Crippen molar-refractivity contribution < 1.29 is 4.79 Å². The number of hydrogen-bond acceptors (Lipinski definition) is 4. The van der Waals surface area contributed by atoms with Crippen LogP contribution in [0.15, 0.2) is 66.7 Å². The van der Waals surface area contributed by atoms with Gasteiger partial charge in [0, 0.05) is 17.2 Å². The molecular formula is C26H24N2OS. The van der Waals surface area contributed by atoms with Crippen LogP contribution in [0.5, 0.6) is 0 Å². The summed E-state index contributed by atoms with van der Waals surface area (Å²) in [5.74, 6) is 0.539. The molecule has 4 heteroatoms. The van der Waals surface area contributed by atoms with E-state index in [1.807, 2.05) is 12.1 Å². The fourth-order valence-electron chi connectivity index (χ4n) is 4.21. The molecule has 0 unspecified atom stereocenters. The number of carbonyl (C=O) groups excluding carboxylic acids is 1. The molecule has 150 valence electrons. The molecule has 0 amide bonds. The van der Waals surface area contributed by atoms with E-state index in [4.69, 9.17) is 0 Å². The van der Waals surface area contributed by atoms with Crippen molar-refractivity contribution in [2.45, 2.75) is 32.6 Å². The number of nitrogens with zero attached hydrogens (tertiary/aromatic N) is 1. The van der Waals surface area contributed by atoms with Crippen LogP contribution in [0.2, 0.25) is 0 Å². The van der Waals surface area contributed by atoms with Crippen molar-refractivity contribution in [2.75, 3.05) is 5.32 Å². The molecule has 0 spiro atoms. The Kier molecular flexibility index (Phi) is 5.09. The fourth-order valence-corrected chi connectivity index (χ4v) is 5.19. The Morgan fingerprint density at radius 2 is 1.60 bits per heavy atom. The number of ketones is 1. The second-order valence-electron chi connectivity index (χ2n) is 8.12. The maximum atomic E-state index is 12.6. The highest BCUT2D eigenvalue weighted by Crippen LogP contribution is 2.31. The van der Waals surface area contributed by atoms with E-state index < -0.39 is 0 Å². The van der Waals surface area contributed by atoms with Crippen molar-refractivity contribution in [3.63, 3.8) is 0 Å². The normalized spacial score (nSPS) is 14.3. The van der Waals surface area contributed by atoms with Gasteiger partial charge in [0.2, 0.25) is 0 Å². The molecule has 0 radical (unpaired) electrons. The van der Waals surface area contributed by atoms with Crippen LogP contribution in [0.1, 0.15) is 41.6 Å². The highest BCUT2D eigenvalue weighted by molar-refractivity contribution is 7.22. The number of aryl methyl sites for hydroxylation is 1. The number of fused-ring (bicyclic) bond motifs is 1. The third-order valence-electron chi connectivity index (χ3n) is 5.91. The van der Waals surface area contributed by atoms with Gasteiger partial charge in [0.05, 0.1) is 10.2 Å². The van der Waals surface area contributed by atoms with E-state index in [-0.39, 0.29) is 5.92 Å². The van der Waals surface area contributed by atoms with Gasteiger partial charge in [-0.1, -0.05) is 66.6 Å². The number of hydrogen-bond donors (Lipinski definition) is 1. The number of rotatable bonds is 5. The Morgan fingerprint density at radius 3 is 2.30 bits per heavy atom. The number of aromatic nitrogens is 1. The molecule has 1 heterocycles. The smallest absolute Gasteiger partial charge is 0.188 e. The summed E-state index contributed by atoms with van der Waals surface area (Å²) in [6, 6.07) is 22.7. The SMILES string of the molecule is Cc1ccc2nc(Nc3ccc(-c4ccc(C(=O)C5CCCC5)cc4)cc3)sc2c1. The van der Waals surface area contributed by atoms with Crippen LogP contribution in [0.4, 0.5) is 10.8 Å². The molecule has 0 bridgehead atoms. The monoisotopic (exact) mass is 412 g/mol. The molecule has 5 rings (SSSR count). The molecule has 0 saturated heterocycles. The Morgan fingerprint density at radius 1 is 0.933 bits per heavy atom. The minimum atomic E-state index is 0.229. The van der Waals surface area contributed by atoms with Crippen LogP contribution < -0.4 is 5.32 Å². The van der Waals surface area contributed by atoms with Crippen LogP contribution in [0.3, 0.4) is 0 Å². The van der Waals surface area contributed by atoms with Gasteiger partial charge in [-0.15, -0.1) is 0 Å². The van der Waals surface area contributed by atoms with Crippen molar-refractivity contribution in [1.29, 1.82) is 0 Å². The van der Waals surface area contributed by atoms with Gasteiger partial charge < -0.3 is 5.32 Å². The number of carbonyl (C=O) groups is 1. The van der Waals surface area contributed by atoms with Crippen molar-refractivity contribution >= 4 is 38.2 Å². The molecule has 1 N–H and O–H groups in total. The summed E-state index contributed by atoms with van der Waals surface area (Å²) in [4.78, 5) is 17.2. The molecule has 0 atom stereocenters. The molecule has 3 nitrogen and oxygen atoms in total. The van der Waals surface area contributed by atoms with Gasteiger partial charge in [-0.25, -0.2) is 4.98 Å². The summed E-state index contributed by atoms with van der Waals surface area (Å²) in [6.45, 7) is 2.10. The lowest BCUT2D eigenvalue weighted by atomic mass is 9.94. The second-order valence-corrected chi connectivity index (χ2v) is 9.15. The molecule has 1 fully saturated rings. The Labute approximate surface area is 180 Å². The van der Waals surface area contributed by atoms with E-state index in [1.165, 1.54) is 23.1 Å². The quantitative estimate of drug-likeness (QED) is 0.348. The molecule has 1 aliphatic rings. The Bertz CT molecular complexity index is 1190. The van der Waals surface area contributed by atoms with Gasteiger partial charge in [0.1, 0.15) is 0 Å². The maximum absolute atomic E-state index is 12.6. The third-order valence-corrected chi connectivity index (χ3v) is 6.84. The minimum Gasteiger partial charge on any atom is -0.332 e. The van der Waals surface area contributed by atoms with E-state index in [0.717, 1.165) is 45.9 Å². The highest BCUT2D eigenvalue weighted by atomic mass is 32.1. The van der Waals surface area contributed by atoms with E-state index in [9.17, 15) is 4.79 Å². The topological polar surface area (TPSA) is 42.0 Å². The zero-order valence-corrected chi connectivity index (χ0v) is 17.8. The van der Waals surface area contributed by atoms with Gasteiger partial charge in [-0.3, -0.25) is 4.79 Å². The van der Waals surface area contributed by atoms with Crippen LogP contribution in [0, 0.1) is 12.8 Å². The first kappa shape index (κ1) is 19.0. The average molecular weight is 413 g/mol. The minimum absolute atomic E-state index is 0.229. The number of thiazole rings is 1. The molecule has 1 aromatic heterocycles. The fraction of sp³-hybridized carbons (Fsp3) is 0.231. The number of nitrogens with one attached hydrogen (secondary N) is 1.